The van der Waals surface area contributed by atoms with Gasteiger partial charge in [-0.2, -0.15) is 0 Å². The first kappa shape index (κ1) is 14.7. The first-order valence-corrected chi connectivity index (χ1v) is 8.35. The van der Waals surface area contributed by atoms with Crippen molar-refractivity contribution < 1.29 is 4.79 Å². The lowest BCUT2D eigenvalue weighted by molar-refractivity contribution is -0.121. The molecule has 0 aromatic heterocycles. The van der Waals surface area contributed by atoms with E-state index >= 15 is 0 Å². The summed E-state index contributed by atoms with van der Waals surface area (Å²) in [7, 11) is 0. The highest BCUT2D eigenvalue weighted by Crippen LogP contribution is 2.24. The fourth-order valence-corrected chi connectivity index (χ4v) is 3.27. The van der Waals surface area contributed by atoms with Crippen molar-refractivity contribution in [3.05, 3.63) is 0 Å². The van der Waals surface area contributed by atoms with Crippen LogP contribution >= 0.6 is 11.8 Å². The van der Waals surface area contributed by atoms with Gasteiger partial charge in [0.15, 0.2) is 5.17 Å². The standard InChI is InChI=1S/C14H25N3OS/c1-3-14(2)8-10-19-13(17-14)15-9-4-5-12(18)16-11-6-7-11/h11H,3-10H2,1-2H3,(H,15,17)(H,16,18). The van der Waals surface area contributed by atoms with Crippen LogP contribution in [0.3, 0.4) is 0 Å². The van der Waals surface area contributed by atoms with Crippen molar-refractivity contribution in [1.29, 1.82) is 0 Å². The number of carbonyl (C=O) groups is 1. The minimum absolute atomic E-state index is 0.186. The lowest BCUT2D eigenvalue weighted by atomic mass is 9.96. The molecule has 1 saturated heterocycles. The second kappa shape index (κ2) is 6.64. The van der Waals surface area contributed by atoms with Crippen molar-refractivity contribution in [3.63, 3.8) is 0 Å². The van der Waals surface area contributed by atoms with Gasteiger partial charge in [0.25, 0.3) is 0 Å². The van der Waals surface area contributed by atoms with E-state index in [-0.39, 0.29) is 11.4 Å². The molecule has 1 heterocycles. The number of nitrogens with one attached hydrogen (secondary N) is 2. The second-order valence-electron chi connectivity index (χ2n) is 5.77. The maximum absolute atomic E-state index is 11.5. The molecule has 0 radical (unpaired) electrons. The molecule has 19 heavy (non-hydrogen) atoms. The van der Waals surface area contributed by atoms with Crippen molar-refractivity contribution in [1.82, 2.24) is 10.6 Å². The van der Waals surface area contributed by atoms with Crippen molar-refractivity contribution in [3.8, 4) is 0 Å². The summed E-state index contributed by atoms with van der Waals surface area (Å²) in [6, 6.07) is 0.472. The number of amides is 1. The van der Waals surface area contributed by atoms with E-state index in [9.17, 15) is 4.79 Å². The highest BCUT2D eigenvalue weighted by molar-refractivity contribution is 8.13. The van der Waals surface area contributed by atoms with Gasteiger partial charge in [0.05, 0.1) is 0 Å². The molecule has 2 rings (SSSR count). The largest absolute Gasteiger partial charge is 0.360 e. The molecule has 1 aliphatic carbocycles. The van der Waals surface area contributed by atoms with Crippen LogP contribution in [0.5, 0.6) is 0 Å². The van der Waals surface area contributed by atoms with E-state index in [0.717, 1.165) is 43.1 Å². The SMILES string of the molecule is CCC1(C)CCSC(=NCCCC(=O)NC2CC2)N1. The Morgan fingerprint density at radius 1 is 1.58 bits per heavy atom. The van der Waals surface area contributed by atoms with E-state index < -0.39 is 0 Å². The van der Waals surface area contributed by atoms with Gasteiger partial charge in [-0.25, -0.2) is 0 Å². The Morgan fingerprint density at radius 2 is 2.37 bits per heavy atom. The van der Waals surface area contributed by atoms with Gasteiger partial charge in [-0.15, -0.1) is 0 Å². The predicted octanol–water partition coefficient (Wildman–Crippen LogP) is 2.30. The lowest BCUT2D eigenvalue weighted by Crippen LogP contribution is -2.48. The number of aliphatic imine (C=N–C) groups is 1. The van der Waals surface area contributed by atoms with E-state index in [0.29, 0.717) is 12.5 Å². The van der Waals surface area contributed by atoms with Crippen molar-refractivity contribution in [2.75, 3.05) is 12.3 Å². The Bertz CT molecular complexity index is 355. The Hall–Kier alpha value is -0.710. The molecule has 2 N–H and O–H groups in total. The van der Waals surface area contributed by atoms with Crippen LogP contribution in [0.15, 0.2) is 4.99 Å². The van der Waals surface area contributed by atoms with Gasteiger partial charge >= 0.3 is 0 Å². The van der Waals surface area contributed by atoms with Crippen molar-refractivity contribution in [2.45, 2.75) is 64.0 Å². The molecule has 1 amide bonds. The number of thioether (sulfide) groups is 1. The number of rotatable bonds is 6. The lowest BCUT2D eigenvalue weighted by Gasteiger charge is -2.35. The third-order valence-corrected chi connectivity index (χ3v) is 4.75. The first-order chi connectivity index (χ1) is 9.11. The average molecular weight is 283 g/mol. The predicted molar refractivity (Wildman–Crippen MR) is 81.6 cm³/mol. The molecule has 1 aliphatic heterocycles. The molecule has 2 fully saturated rings. The average Bonchev–Trinajstić information content (AvgIpc) is 3.19. The van der Waals surface area contributed by atoms with Gasteiger partial charge in [-0.3, -0.25) is 9.79 Å². The van der Waals surface area contributed by atoms with Gasteiger partial charge in [0, 0.05) is 30.3 Å². The summed E-state index contributed by atoms with van der Waals surface area (Å²) < 4.78 is 0. The summed E-state index contributed by atoms with van der Waals surface area (Å²) in [5.41, 5.74) is 0.202. The molecular formula is C14H25N3OS. The van der Waals surface area contributed by atoms with Gasteiger partial charge in [-0.1, -0.05) is 18.7 Å². The van der Waals surface area contributed by atoms with Crippen LogP contribution in [-0.4, -0.2) is 35.0 Å². The van der Waals surface area contributed by atoms with Crippen LogP contribution in [0.2, 0.25) is 0 Å². The van der Waals surface area contributed by atoms with E-state index in [1.165, 1.54) is 6.42 Å². The summed E-state index contributed by atoms with van der Waals surface area (Å²) in [4.78, 5) is 16.1. The summed E-state index contributed by atoms with van der Waals surface area (Å²) in [5, 5.41) is 7.58. The van der Waals surface area contributed by atoms with E-state index in [4.69, 9.17) is 0 Å². The topological polar surface area (TPSA) is 53.5 Å². The van der Waals surface area contributed by atoms with Crippen LogP contribution in [0.1, 0.15) is 52.4 Å². The number of hydrogen-bond acceptors (Lipinski definition) is 3. The fourth-order valence-electron chi connectivity index (χ4n) is 2.03. The van der Waals surface area contributed by atoms with Crippen LogP contribution in [-0.2, 0) is 4.79 Å². The van der Waals surface area contributed by atoms with Gasteiger partial charge in [0.2, 0.25) is 5.91 Å². The molecule has 2 aliphatic rings. The highest BCUT2D eigenvalue weighted by atomic mass is 32.2. The second-order valence-corrected chi connectivity index (χ2v) is 6.85. The Kier molecular flexibility index (Phi) is 5.13. The molecule has 1 saturated carbocycles. The molecular weight excluding hydrogens is 258 g/mol. The summed E-state index contributed by atoms with van der Waals surface area (Å²) in [6.07, 6.45) is 6.07. The van der Waals surface area contributed by atoms with E-state index in [1.807, 2.05) is 0 Å². The normalized spacial score (nSPS) is 29.1. The monoisotopic (exact) mass is 283 g/mol. The summed E-state index contributed by atoms with van der Waals surface area (Å²) >= 11 is 1.80. The molecule has 108 valence electrons. The van der Waals surface area contributed by atoms with Gasteiger partial charge in [0.1, 0.15) is 0 Å². The van der Waals surface area contributed by atoms with Crippen LogP contribution in [0, 0.1) is 0 Å². The van der Waals surface area contributed by atoms with Gasteiger partial charge in [-0.05, 0) is 39.0 Å². The molecule has 4 nitrogen and oxygen atoms in total. The zero-order valence-electron chi connectivity index (χ0n) is 12.0. The molecule has 0 aromatic rings. The molecule has 0 spiro atoms. The summed E-state index contributed by atoms with van der Waals surface area (Å²) in [5.74, 6) is 1.32. The minimum atomic E-state index is 0.186. The van der Waals surface area contributed by atoms with Crippen LogP contribution < -0.4 is 10.6 Å². The maximum Gasteiger partial charge on any atom is 0.220 e. The molecule has 0 bridgehead atoms. The highest BCUT2D eigenvalue weighted by Gasteiger charge is 2.27. The Labute approximate surface area is 120 Å². The third kappa shape index (κ3) is 5.05. The van der Waals surface area contributed by atoms with Crippen LogP contribution in [0.25, 0.3) is 0 Å². The Morgan fingerprint density at radius 3 is 3.05 bits per heavy atom. The molecule has 0 aromatic carbocycles. The Balaban J connectivity index is 1.65. The van der Waals surface area contributed by atoms with Crippen molar-refractivity contribution >= 4 is 22.8 Å². The van der Waals surface area contributed by atoms with E-state index in [1.54, 1.807) is 11.8 Å². The number of hydrogen-bond donors (Lipinski definition) is 2. The first-order valence-electron chi connectivity index (χ1n) is 7.36. The molecule has 1 atom stereocenters. The molecule has 1 unspecified atom stereocenters. The maximum atomic E-state index is 11.5. The zero-order valence-corrected chi connectivity index (χ0v) is 12.8. The minimum Gasteiger partial charge on any atom is -0.360 e. The number of carbonyl (C=O) groups excluding carboxylic acids is 1. The quantitative estimate of drug-likeness (QED) is 0.735. The fraction of sp³-hybridized carbons (Fsp3) is 0.857. The smallest absolute Gasteiger partial charge is 0.220 e. The summed E-state index contributed by atoms with van der Waals surface area (Å²) in [6.45, 7) is 5.21. The van der Waals surface area contributed by atoms with Crippen molar-refractivity contribution in [2.24, 2.45) is 4.99 Å². The number of amidine groups is 1. The van der Waals surface area contributed by atoms with Gasteiger partial charge < -0.3 is 10.6 Å². The van der Waals surface area contributed by atoms with E-state index in [2.05, 4.69) is 29.5 Å². The number of nitrogens with zero attached hydrogens (tertiary/aromatic N) is 1. The van der Waals surface area contributed by atoms with Crippen LogP contribution in [0.4, 0.5) is 0 Å². The zero-order chi connectivity index (χ0) is 13.7. The third-order valence-electron chi connectivity index (χ3n) is 3.84. The molecule has 5 heteroatoms.